The van der Waals surface area contributed by atoms with Gasteiger partial charge in [0.05, 0.1) is 0 Å². The molecule has 1 heterocycles. The smallest absolute Gasteiger partial charge is 0.00699 e. The molecule has 0 spiro atoms. The van der Waals surface area contributed by atoms with E-state index in [4.69, 9.17) is 0 Å². The predicted octanol–water partition coefficient (Wildman–Crippen LogP) is 3.32. The molecular formula is C10H14P2. The van der Waals surface area contributed by atoms with Gasteiger partial charge in [-0.1, -0.05) is 38.3 Å². The van der Waals surface area contributed by atoms with Gasteiger partial charge < -0.3 is 0 Å². The van der Waals surface area contributed by atoms with Gasteiger partial charge in [0.2, 0.25) is 0 Å². The van der Waals surface area contributed by atoms with Crippen molar-refractivity contribution in [1.29, 1.82) is 0 Å². The summed E-state index contributed by atoms with van der Waals surface area (Å²) in [6.45, 7) is 0. The van der Waals surface area contributed by atoms with Crippen LogP contribution in [-0.4, -0.2) is 18.2 Å². The van der Waals surface area contributed by atoms with Crippen molar-refractivity contribution in [3.8, 4) is 0 Å². The Balaban J connectivity index is 1.94. The summed E-state index contributed by atoms with van der Waals surface area (Å²) in [4.78, 5) is 0. The molecule has 0 nitrogen and oxygen atoms in total. The van der Waals surface area contributed by atoms with Crippen LogP contribution in [0.2, 0.25) is 0 Å². The van der Waals surface area contributed by atoms with Gasteiger partial charge >= 0.3 is 0 Å². The number of hydrogen-bond acceptors (Lipinski definition) is 0. The molecule has 12 heavy (non-hydrogen) atoms. The summed E-state index contributed by atoms with van der Waals surface area (Å²) in [5.74, 6) is 1.55. The van der Waals surface area contributed by atoms with Crippen molar-refractivity contribution in [3.63, 3.8) is 0 Å². The second-order valence-electron chi connectivity index (χ2n) is 3.20. The molecule has 0 amide bonds. The van der Waals surface area contributed by atoms with Gasteiger partial charge in [-0.25, -0.2) is 0 Å². The highest BCUT2D eigenvalue weighted by molar-refractivity contribution is 7.70. The van der Waals surface area contributed by atoms with E-state index in [-0.39, 0.29) is 0 Å². The monoisotopic (exact) mass is 196 g/mol. The Morgan fingerprint density at radius 2 is 2.08 bits per heavy atom. The first-order valence-corrected chi connectivity index (χ1v) is 7.73. The molecule has 1 aromatic carbocycles. The Labute approximate surface area is 77.3 Å². The predicted molar refractivity (Wildman–Crippen MR) is 60.0 cm³/mol. The molecule has 2 atom stereocenters. The molecule has 0 saturated carbocycles. The lowest BCUT2D eigenvalue weighted by Crippen LogP contribution is -1.85. The van der Waals surface area contributed by atoms with Crippen molar-refractivity contribution >= 4 is 16.5 Å². The van der Waals surface area contributed by atoms with E-state index in [2.05, 4.69) is 30.3 Å². The van der Waals surface area contributed by atoms with Crippen LogP contribution in [0.1, 0.15) is 5.56 Å². The lowest BCUT2D eigenvalue weighted by Gasteiger charge is -2.08. The summed E-state index contributed by atoms with van der Waals surface area (Å²) in [6, 6.07) is 11.0. The third-order valence-electron chi connectivity index (χ3n) is 2.19. The number of rotatable bonds is 2. The first kappa shape index (κ1) is 8.67. The largest absolute Gasteiger partial charge is 0.117 e. The molecule has 0 N–H and O–H groups in total. The quantitative estimate of drug-likeness (QED) is 0.636. The fourth-order valence-corrected chi connectivity index (χ4v) is 7.29. The lowest BCUT2D eigenvalue weighted by atomic mass is 10.2. The zero-order valence-electron chi connectivity index (χ0n) is 7.16. The summed E-state index contributed by atoms with van der Waals surface area (Å²) in [5, 5.41) is 0. The van der Waals surface area contributed by atoms with Crippen molar-refractivity contribution in [1.82, 2.24) is 0 Å². The molecule has 0 radical (unpaired) electrons. The summed E-state index contributed by atoms with van der Waals surface area (Å²) >= 11 is 0. The van der Waals surface area contributed by atoms with Gasteiger partial charge in [0.25, 0.3) is 0 Å². The Bertz CT molecular complexity index is 227. The highest BCUT2D eigenvalue weighted by Crippen LogP contribution is 2.51. The standard InChI is InChI=1S/C10H14P2/c1-2-4-10(5-3-1)8-12-7-6-11-9-12/h1-5,11H,6-9H2. The lowest BCUT2D eigenvalue weighted by molar-refractivity contribution is 1.37. The van der Waals surface area contributed by atoms with Gasteiger partial charge in [0, 0.05) is 0 Å². The molecule has 64 valence electrons. The zero-order valence-corrected chi connectivity index (χ0v) is 9.06. The van der Waals surface area contributed by atoms with Crippen LogP contribution in [-0.2, 0) is 6.16 Å². The van der Waals surface area contributed by atoms with Crippen LogP contribution < -0.4 is 0 Å². The van der Waals surface area contributed by atoms with Crippen molar-refractivity contribution in [2.45, 2.75) is 6.16 Å². The van der Waals surface area contributed by atoms with E-state index in [9.17, 15) is 0 Å². The first-order chi connectivity index (χ1) is 5.95. The minimum Gasteiger partial charge on any atom is -0.117 e. The minimum atomic E-state index is 0.391. The van der Waals surface area contributed by atoms with Crippen molar-refractivity contribution < 1.29 is 0 Å². The Morgan fingerprint density at radius 3 is 2.75 bits per heavy atom. The summed E-state index contributed by atoms with van der Waals surface area (Å²) < 4.78 is 0. The molecule has 2 rings (SSSR count). The van der Waals surface area contributed by atoms with E-state index in [1.54, 1.807) is 11.5 Å². The molecule has 1 aliphatic heterocycles. The molecular weight excluding hydrogens is 182 g/mol. The van der Waals surface area contributed by atoms with Crippen LogP contribution in [0.5, 0.6) is 0 Å². The molecule has 2 unspecified atom stereocenters. The second kappa shape index (κ2) is 4.35. The van der Waals surface area contributed by atoms with Gasteiger partial charge in [-0.3, -0.25) is 0 Å². The zero-order chi connectivity index (χ0) is 8.23. The van der Waals surface area contributed by atoms with Crippen LogP contribution in [0.4, 0.5) is 0 Å². The molecule has 1 aliphatic rings. The summed E-state index contributed by atoms with van der Waals surface area (Å²) in [6.07, 6.45) is 4.42. The summed E-state index contributed by atoms with van der Waals surface area (Å²) in [5.41, 5.74) is 1.55. The maximum Gasteiger partial charge on any atom is -0.00699 e. The molecule has 2 heteroatoms. The maximum absolute atomic E-state index is 2.27. The highest BCUT2D eigenvalue weighted by atomic mass is 31.2. The van der Waals surface area contributed by atoms with E-state index in [1.165, 1.54) is 27.1 Å². The second-order valence-corrected chi connectivity index (χ2v) is 7.57. The molecule has 1 saturated heterocycles. The van der Waals surface area contributed by atoms with Crippen LogP contribution in [0.15, 0.2) is 30.3 Å². The Kier molecular flexibility index (Phi) is 3.15. The topological polar surface area (TPSA) is 0 Å². The number of benzene rings is 1. The fourth-order valence-electron chi connectivity index (χ4n) is 1.53. The van der Waals surface area contributed by atoms with Crippen molar-refractivity contribution in [3.05, 3.63) is 35.9 Å². The van der Waals surface area contributed by atoms with E-state index in [1.807, 2.05) is 0 Å². The molecule has 1 aromatic rings. The molecule has 0 aliphatic carbocycles. The number of hydrogen-bond donors (Lipinski definition) is 0. The SMILES string of the molecule is c1ccc(CP2CCPC2)cc1. The van der Waals surface area contributed by atoms with E-state index in [0.717, 1.165) is 0 Å². The Morgan fingerprint density at radius 1 is 1.25 bits per heavy atom. The Hall–Kier alpha value is 0.0800. The maximum atomic E-state index is 2.27. The first-order valence-electron chi connectivity index (χ1n) is 4.42. The average molecular weight is 196 g/mol. The minimum absolute atomic E-state index is 0.391. The average Bonchev–Trinajstić information content (AvgIpc) is 2.59. The van der Waals surface area contributed by atoms with E-state index < -0.39 is 0 Å². The summed E-state index contributed by atoms with van der Waals surface area (Å²) in [7, 11) is 1.66. The van der Waals surface area contributed by atoms with Gasteiger partial charge in [-0.2, -0.15) is 0 Å². The highest BCUT2D eigenvalue weighted by Gasteiger charge is 2.13. The third-order valence-corrected chi connectivity index (χ3v) is 7.57. The van der Waals surface area contributed by atoms with Crippen LogP contribution in [0, 0.1) is 0 Å². The normalized spacial score (nSPS) is 24.8. The van der Waals surface area contributed by atoms with Crippen molar-refractivity contribution in [2.75, 3.05) is 18.2 Å². The molecule has 0 bridgehead atoms. The van der Waals surface area contributed by atoms with E-state index >= 15 is 0 Å². The van der Waals surface area contributed by atoms with Gasteiger partial charge in [-0.05, 0) is 30.0 Å². The fraction of sp³-hybridized carbons (Fsp3) is 0.400. The van der Waals surface area contributed by atoms with Gasteiger partial charge in [0.1, 0.15) is 0 Å². The third kappa shape index (κ3) is 2.28. The van der Waals surface area contributed by atoms with Crippen LogP contribution >= 0.6 is 16.5 Å². The molecule has 1 fully saturated rings. The van der Waals surface area contributed by atoms with E-state index in [0.29, 0.717) is 7.92 Å². The van der Waals surface area contributed by atoms with Gasteiger partial charge in [0.15, 0.2) is 0 Å². The van der Waals surface area contributed by atoms with Crippen LogP contribution in [0.25, 0.3) is 0 Å². The molecule has 0 aromatic heterocycles. The van der Waals surface area contributed by atoms with Crippen molar-refractivity contribution in [2.24, 2.45) is 0 Å². The van der Waals surface area contributed by atoms with Gasteiger partial charge in [-0.15, -0.1) is 8.58 Å². The van der Waals surface area contributed by atoms with Crippen LogP contribution in [0.3, 0.4) is 0 Å².